The molecule has 0 unspecified atom stereocenters. The van der Waals surface area contributed by atoms with Crippen LogP contribution >= 0.6 is 0 Å². The van der Waals surface area contributed by atoms with Crippen LogP contribution in [0.25, 0.3) is 10.8 Å². The van der Waals surface area contributed by atoms with Crippen molar-refractivity contribution in [3.05, 3.63) is 42.0 Å². The molecular formula is C16H20O3. The third-order valence-corrected chi connectivity index (χ3v) is 2.95. The van der Waals surface area contributed by atoms with E-state index in [2.05, 4.69) is 0 Å². The molecule has 0 heterocycles. The summed E-state index contributed by atoms with van der Waals surface area (Å²) in [5, 5.41) is 11.7. The second kappa shape index (κ2) is 6.55. The summed E-state index contributed by atoms with van der Waals surface area (Å²) in [5.41, 5.74) is 0.836. The lowest BCUT2D eigenvalue weighted by Gasteiger charge is -2.13. The van der Waals surface area contributed by atoms with Crippen LogP contribution in [0.2, 0.25) is 0 Å². The maximum Gasteiger partial charge on any atom is 0.125 e. The number of ether oxygens (including phenoxy) is 2. The van der Waals surface area contributed by atoms with Crippen LogP contribution in [0.3, 0.4) is 0 Å². The fraction of sp³-hybridized carbons (Fsp3) is 0.375. The Morgan fingerprint density at radius 2 is 1.84 bits per heavy atom. The monoisotopic (exact) mass is 260 g/mol. The van der Waals surface area contributed by atoms with E-state index >= 15 is 0 Å². The van der Waals surface area contributed by atoms with Crippen LogP contribution in [0.4, 0.5) is 0 Å². The maximum absolute atomic E-state index is 9.55. The van der Waals surface area contributed by atoms with Gasteiger partial charge in [-0.1, -0.05) is 30.3 Å². The molecule has 2 aromatic rings. The van der Waals surface area contributed by atoms with Crippen LogP contribution in [-0.2, 0) is 11.3 Å². The predicted octanol–water partition coefficient (Wildman–Crippen LogP) is 3.14. The first-order chi connectivity index (χ1) is 9.22. The molecule has 102 valence electrons. The van der Waals surface area contributed by atoms with E-state index in [1.54, 1.807) is 0 Å². The second-order valence-corrected chi connectivity index (χ2v) is 4.69. The van der Waals surface area contributed by atoms with E-state index in [9.17, 15) is 5.11 Å². The van der Waals surface area contributed by atoms with E-state index in [0.717, 1.165) is 22.1 Å². The minimum atomic E-state index is -0.0261. The molecule has 0 bridgehead atoms. The van der Waals surface area contributed by atoms with Crippen LogP contribution in [0.1, 0.15) is 19.4 Å². The first-order valence-electron chi connectivity index (χ1n) is 6.58. The summed E-state index contributed by atoms with van der Waals surface area (Å²) < 4.78 is 11.1. The Bertz CT molecular complexity index is 535. The van der Waals surface area contributed by atoms with Gasteiger partial charge in [0.05, 0.1) is 19.3 Å². The molecule has 0 aromatic heterocycles. The number of hydrogen-bond donors (Lipinski definition) is 1. The molecule has 2 aromatic carbocycles. The fourth-order valence-corrected chi connectivity index (χ4v) is 2.05. The highest BCUT2D eigenvalue weighted by atomic mass is 16.5. The quantitative estimate of drug-likeness (QED) is 0.811. The number of aliphatic hydroxyl groups excluding tert-OH is 1. The van der Waals surface area contributed by atoms with Crippen molar-refractivity contribution in [1.29, 1.82) is 0 Å². The summed E-state index contributed by atoms with van der Waals surface area (Å²) in [4.78, 5) is 0. The van der Waals surface area contributed by atoms with Gasteiger partial charge in [0, 0.05) is 5.56 Å². The topological polar surface area (TPSA) is 38.7 Å². The average molecular weight is 260 g/mol. The van der Waals surface area contributed by atoms with Gasteiger partial charge in [-0.2, -0.15) is 0 Å². The Hall–Kier alpha value is -1.58. The van der Waals surface area contributed by atoms with Gasteiger partial charge in [-0.3, -0.25) is 0 Å². The third-order valence-electron chi connectivity index (χ3n) is 2.95. The molecule has 0 aliphatic carbocycles. The van der Waals surface area contributed by atoms with E-state index in [4.69, 9.17) is 9.47 Å². The van der Waals surface area contributed by atoms with Crippen molar-refractivity contribution in [3.8, 4) is 5.75 Å². The minimum Gasteiger partial charge on any atom is -0.491 e. The molecule has 0 atom stereocenters. The number of benzene rings is 2. The molecule has 0 saturated heterocycles. The molecule has 0 saturated carbocycles. The summed E-state index contributed by atoms with van der Waals surface area (Å²) in [6.45, 7) is 5.00. The van der Waals surface area contributed by atoms with E-state index in [1.807, 2.05) is 50.2 Å². The van der Waals surface area contributed by atoms with Crippen LogP contribution in [0, 0.1) is 0 Å². The highest BCUT2D eigenvalue weighted by molar-refractivity contribution is 5.87. The average Bonchev–Trinajstić information content (AvgIpc) is 2.42. The van der Waals surface area contributed by atoms with Crippen LogP contribution in [0.15, 0.2) is 36.4 Å². The summed E-state index contributed by atoms with van der Waals surface area (Å²) in [5.74, 6) is 0.730. The van der Waals surface area contributed by atoms with Crippen molar-refractivity contribution >= 4 is 10.8 Å². The summed E-state index contributed by atoms with van der Waals surface area (Å²) >= 11 is 0. The SMILES string of the molecule is CC(C)OCCOc1ccc2ccccc2c1CO. The molecule has 0 aliphatic rings. The molecule has 3 nitrogen and oxygen atoms in total. The largest absolute Gasteiger partial charge is 0.491 e. The molecule has 0 aliphatic heterocycles. The molecule has 0 fully saturated rings. The van der Waals surface area contributed by atoms with E-state index in [0.29, 0.717) is 13.2 Å². The Balaban J connectivity index is 2.14. The first kappa shape index (κ1) is 13.8. The van der Waals surface area contributed by atoms with Crippen molar-refractivity contribution in [3.63, 3.8) is 0 Å². The lowest BCUT2D eigenvalue weighted by atomic mass is 10.0. The highest BCUT2D eigenvalue weighted by Gasteiger charge is 2.07. The molecule has 19 heavy (non-hydrogen) atoms. The number of aliphatic hydroxyl groups is 1. The van der Waals surface area contributed by atoms with Gasteiger partial charge in [0.2, 0.25) is 0 Å². The number of hydrogen-bond acceptors (Lipinski definition) is 3. The van der Waals surface area contributed by atoms with E-state index in [-0.39, 0.29) is 12.7 Å². The van der Waals surface area contributed by atoms with Gasteiger partial charge >= 0.3 is 0 Å². The van der Waals surface area contributed by atoms with Crippen LogP contribution in [0.5, 0.6) is 5.75 Å². The minimum absolute atomic E-state index is 0.0261. The molecule has 3 heteroatoms. The molecule has 0 amide bonds. The summed E-state index contributed by atoms with van der Waals surface area (Å²) in [6, 6.07) is 11.9. The Labute approximate surface area is 113 Å². The normalized spacial score (nSPS) is 11.2. The van der Waals surface area contributed by atoms with Gasteiger partial charge in [0.25, 0.3) is 0 Å². The van der Waals surface area contributed by atoms with Gasteiger partial charge in [-0.25, -0.2) is 0 Å². The molecule has 0 spiro atoms. The van der Waals surface area contributed by atoms with Crippen LogP contribution in [-0.4, -0.2) is 24.4 Å². The molecular weight excluding hydrogens is 240 g/mol. The van der Waals surface area contributed by atoms with Crippen molar-refractivity contribution in [1.82, 2.24) is 0 Å². The Morgan fingerprint density at radius 1 is 1.05 bits per heavy atom. The lowest BCUT2D eigenvalue weighted by molar-refractivity contribution is 0.0548. The predicted molar refractivity (Wildman–Crippen MR) is 76.5 cm³/mol. The van der Waals surface area contributed by atoms with E-state index < -0.39 is 0 Å². The van der Waals surface area contributed by atoms with Gasteiger partial charge in [0.1, 0.15) is 12.4 Å². The Kier molecular flexibility index (Phi) is 4.77. The highest BCUT2D eigenvalue weighted by Crippen LogP contribution is 2.28. The lowest BCUT2D eigenvalue weighted by Crippen LogP contribution is -2.12. The van der Waals surface area contributed by atoms with Crippen molar-refractivity contribution in [2.45, 2.75) is 26.6 Å². The fourth-order valence-electron chi connectivity index (χ4n) is 2.05. The number of fused-ring (bicyclic) bond motifs is 1. The summed E-state index contributed by atoms with van der Waals surface area (Å²) in [6.07, 6.45) is 0.206. The Morgan fingerprint density at radius 3 is 2.58 bits per heavy atom. The maximum atomic E-state index is 9.55. The zero-order chi connectivity index (χ0) is 13.7. The zero-order valence-electron chi connectivity index (χ0n) is 11.4. The standard InChI is InChI=1S/C16H20O3/c1-12(2)18-9-10-19-16-8-7-13-5-3-4-6-14(13)15(16)11-17/h3-8,12,17H,9-11H2,1-2H3. The van der Waals surface area contributed by atoms with Crippen LogP contribution < -0.4 is 4.74 Å². The summed E-state index contributed by atoms with van der Waals surface area (Å²) in [7, 11) is 0. The van der Waals surface area contributed by atoms with E-state index in [1.165, 1.54) is 0 Å². The molecule has 2 rings (SSSR count). The van der Waals surface area contributed by atoms with Gasteiger partial charge in [0.15, 0.2) is 0 Å². The molecule has 1 N–H and O–H groups in total. The number of rotatable bonds is 6. The third kappa shape index (κ3) is 3.46. The van der Waals surface area contributed by atoms with Gasteiger partial charge in [-0.05, 0) is 30.7 Å². The van der Waals surface area contributed by atoms with Crippen molar-refractivity contribution < 1.29 is 14.6 Å². The van der Waals surface area contributed by atoms with Crippen molar-refractivity contribution in [2.24, 2.45) is 0 Å². The first-order valence-corrected chi connectivity index (χ1v) is 6.58. The molecule has 0 radical (unpaired) electrons. The second-order valence-electron chi connectivity index (χ2n) is 4.69. The smallest absolute Gasteiger partial charge is 0.125 e. The van der Waals surface area contributed by atoms with Gasteiger partial charge < -0.3 is 14.6 Å². The van der Waals surface area contributed by atoms with Gasteiger partial charge in [-0.15, -0.1) is 0 Å². The van der Waals surface area contributed by atoms with Crippen molar-refractivity contribution in [2.75, 3.05) is 13.2 Å². The zero-order valence-corrected chi connectivity index (χ0v) is 11.4.